The van der Waals surface area contributed by atoms with Crippen molar-refractivity contribution in [1.29, 1.82) is 0 Å². The molecule has 8 nitrogen and oxygen atoms in total. The van der Waals surface area contributed by atoms with Crippen molar-refractivity contribution in [3.63, 3.8) is 0 Å². The Morgan fingerprint density at radius 1 is 1.20 bits per heavy atom. The number of aliphatic imine (C=N–C) groups is 1. The van der Waals surface area contributed by atoms with E-state index in [1.165, 1.54) is 11.3 Å². The summed E-state index contributed by atoms with van der Waals surface area (Å²) in [5, 5.41) is 4.72. The molecule has 2 heterocycles. The van der Waals surface area contributed by atoms with Gasteiger partial charge in [-0.1, -0.05) is 24.3 Å². The van der Waals surface area contributed by atoms with Crippen molar-refractivity contribution in [2.75, 3.05) is 44.8 Å². The smallest absolute Gasteiger partial charge is 0.273 e. The first-order valence-electron chi connectivity index (χ1n) is 10.1. The maximum absolute atomic E-state index is 12.6. The topological polar surface area (TPSA) is 78.4 Å². The van der Waals surface area contributed by atoms with Crippen LogP contribution in [0, 0.1) is 0 Å². The van der Waals surface area contributed by atoms with E-state index in [1.807, 2.05) is 49.4 Å². The maximum atomic E-state index is 12.6. The Morgan fingerprint density at radius 3 is 2.80 bits per heavy atom. The van der Waals surface area contributed by atoms with Crippen molar-refractivity contribution in [2.24, 2.45) is 4.99 Å². The van der Waals surface area contributed by atoms with Gasteiger partial charge >= 0.3 is 0 Å². The van der Waals surface area contributed by atoms with E-state index in [1.54, 1.807) is 12.1 Å². The summed E-state index contributed by atoms with van der Waals surface area (Å²) in [4.78, 5) is 19.4. The number of anilines is 1. The van der Waals surface area contributed by atoms with Crippen LogP contribution in [0.2, 0.25) is 0 Å². The monoisotopic (exact) mass is 409 g/mol. The number of benzene rings is 2. The Hall–Kier alpha value is -2.94. The summed E-state index contributed by atoms with van der Waals surface area (Å²) in [6, 6.07) is 16.8. The number of amides is 1. The predicted molar refractivity (Wildman–Crippen MR) is 115 cm³/mol. The zero-order chi connectivity index (χ0) is 20.8. The third-order valence-corrected chi connectivity index (χ3v) is 5.01. The van der Waals surface area contributed by atoms with Crippen molar-refractivity contribution in [3.05, 3.63) is 60.2 Å². The van der Waals surface area contributed by atoms with Crippen molar-refractivity contribution < 1.29 is 14.3 Å². The minimum atomic E-state index is -0.836. The fourth-order valence-corrected chi connectivity index (χ4v) is 3.41. The number of nitrogens with zero attached hydrogens (tertiary/aromatic N) is 3. The van der Waals surface area contributed by atoms with Crippen LogP contribution in [0.1, 0.15) is 17.3 Å². The molecule has 0 radical (unpaired) electrons. The largest absolute Gasteiger partial charge is 0.492 e. The fraction of sp³-hybridized carbons (Fsp3) is 0.364. The average molecular weight is 409 g/mol. The second-order valence-electron chi connectivity index (χ2n) is 7.43. The van der Waals surface area contributed by atoms with Gasteiger partial charge in [0.25, 0.3) is 5.91 Å². The van der Waals surface area contributed by atoms with Crippen LogP contribution >= 0.6 is 0 Å². The van der Waals surface area contributed by atoms with Gasteiger partial charge < -0.3 is 14.8 Å². The molecule has 30 heavy (non-hydrogen) atoms. The molecule has 0 bridgehead atoms. The molecule has 2 aliphatic rings. The van der Waals surface area contributed by atoms with Crippen molar-refractivity contribution in [1.82, 2.24) is 15.3 Å². The Kier molecular flexibility index (Phi) is 6.27. The van der Waals surface area contributed by atoms with Gasteiger partial charge in [-0.05, 0) is 31.2 Å². The van der Waals surface area contributed by atoms with Crippen molar-refractivity contribution in [3.8, 4) is 5.75 Å². The predicted octanol–water partition coefficient (Wildman–Crippen LogP) is 2.17. The lowest BCUT2D eigenvalue weighted by atomic mass is 10.2. The summed E-state index contributed by atoms with van der Waals surface area (Å²) in [7, 11) is 0. The number of rotatable bonds is 7. The lowest BCUT2D eigenvalue weighted by Crippen LogP contribution is -2.52. The zero-order valence-electron chi connectivity index (χ0n) is 17.1. The van der Waals surface area contributed by atoms with Gasteiger partial charge in [0.05, 0.1) is 13.2 Å². The molecule has 4 rings (SSSR count). The minimum Gasteiger partial charge on any atom is -0.492 e. The highest BCUT2D eigenvalue weighted by molar-refractivity contribution is 6.00. The summed E-state index contributed by atoms with van der Waals surface area (Å²) in [5.74, 6) is -0.210. The number of hydrazine groups is 1. The number of hydrogen-bond donors (Lipinski definition) is 2. The Bertz CT molecular complexity index is 885. The van der Waals surface area contributed by atoms with Crippen LogP contribution in [0.3, 0.4) is 0 Å². The molecule has 1 amide bonds. The highest BCUT2D eigenvalue weighted by Crippen LogP contribution is 2.22. The van der Waals surface area contributed by atoms with Gasteiger partial charge in [0, 0.05) is 37.0 Å². The van der Waals surface area contributed by atoms with Gasteiger partial charge in [0.1, 0.15) is 18.7 Å². The van der Waals surface area contributed by atoms with Crippen LogP contribution in [0.15, 0.2) is 59.6 Å². The number of ether oxygens (including phenoxy) is 2. The molecule has 8 heteroatoms. The van der Waals surface area contributed by atoms with E-state index in [0.29, 0.717) is 12.2 Å². The summed E-state index contributed by atoms with van der Waals surface area (Å²) < 4.78 is 11.3. The van der Waals surface area contributed by atoms with E-state index < -0.39 is 5.79 Å². The van der Waals surface area contributed by atoms with Gasteiger partial charge in [-0.2, -0.15) is 5.43 Å². The first-order chi connectivity index (χ1) is 14.6. The molecule has 0 aromatic heterocycles. The highest BCUT2D eigenvalue weighted by atomic mass is 16.5. The Labute approximate surface area is 176 Å². The van der Waals surface area contributed by atoms with Gasteiger partial charge in [0.15, 0.2) is 0 Å². The first-order valence-corrected chi connectivity index (χ1v) is 10.1. The minimum absolute atomic E-state index is 0.162. The first kappa shape index (κ1) is 20.3. The molecule has 1 saturated heterocycles. The van der Waals surface area contributed by atoms with Gasteiger partial charge in [-0.25, -0.2) is 10.0 Å². The van der Waals surface area contributed by atoms with E-state index in [9.17, 15) is 4.79 Å². The van der Waals surface area contributed by atoms with E-state index >= 15 is 0 Å². The molecule has 2 aliphatic heterocycles. The maximum Gasteiger partial charge on any atom is 0.273 e. The molecule has 1 unspecified atom stereocenters. The SMILES string of the molecule is CC1(Nc2cccc(OCCN3CCOCC3)c2)N=CN(C(=O)c2ccccc2)N1. The molecule has 2 aromatic carbocycles. The van der Waals surface area contributed by atoms with Gasteiger partial charge in [-0.15, -0.1) is 0 Å². The lowest BCUT2D eigenvalue weighted by molar-refractivity contribution is 0.0322. The van der Waals surface area contributed by atoms with E-state index in [-0.39, 0.29) is 5.91 Å². The highest BCUT2D eigenvalue weighted by Gasteiger charge is 2.32. The molecular weight excluding hydrogens is 382 g/mol. The summed E-state index contributed by atoms with van der Waals surface area (Å²) in [6.45, 7) is 6.84. The third kappa shape index (κ3) is 5.15. The average Bonchev–Trinajstić information content (AvgIpc) is 3.16. The van der Waals surface area contributed by atoms with Crippen molar-refractivity contribution >= 4 is 17.9 Å². The van der Waals surface area contributed by atoms with Crippen LogP contribution in [-0.4, -0.2) is 67.4 Å². The Balaban J connectivity index is 1.31. The van der Waals surface area contributed by atoms with Gasteiger partial charge in [-0.3, -0.25) is 9.69 Å². The quantitative estimate of drug-likeness (QED) is 0.730. The van der Waals surface area contributed by atoms with E-state index in [4.69, 9.17) is 9.47 Å². The number of hydrogen-bond acceptors (Lipinski definition) is 7. The zero-order valence-corrected chi connectivity index (χ0v) is 17.1. The standard InChI is InChI=1S/C22H27N5O3/c1-22(23-17-27(25-22)21(28)18-6-3-2-4-7-18)24-19-8-5-9-20(16-19)30-15-12-26-10-13-29-14-11-26/h2-9,16-17,24-25H,10-15H2,1H3. The molecule has 0 aliphatic carbocycles. The van der Waals surface area contributed by atoms with Crippen LogP contribution in [-0.2, 0) is 4.74 Å². The Morgan fingerprint density at radius 2 is 2.00 bits per heavy atom. The second-order valence-corrected chi connectivity index (χ2v) is 7.43. The van der Waals surface area contributed by atoms with Crippen LogP contribution in [0.4, 0.5) is 5.69 Å². The molecule has 0 saturated carbocycles. The number of carbonyl (C=O) groups excluding carboxylic acids is 1. The molecule has 0 spiro atoms. The van der Waals surface area contributed by atoms with E-state index in [0.717, 1.165) is 44.3 Å². The molecule has 2 N–H and O–H groups in total. The summed E-state index contributed by atoms with van der Waals surface area (Å²) in [5.41, 5.74) is 4.55. The van der Waals surface area contributed by atoms with Gasteiger partial charge in [0.2, 0.25) is 5.79 Å². The summed E-state index contributed by atoms with van der Waals surface area (Å²) >= 11 is 0. The van der Waals surface area contributed by atoms with Crippen molar-refractivity contribution in [2.45, 2.75) is 12.7 Å². The lowest BCUT2D eigenvalue weighted by Gasteiger charge is -2.27. The molecule has 1 fully saturated rings. The van der Waals surface area contributed by atoms with Crippen LogP contribution in [0.5, 0.6) is 5.75 Å². The van der Waals surface area contributed by atoms with E-state index in [2.05, 4.69) is 20.6 Å². The molecule has 1 atom stereocenters. The fourth-order valence-electron chi connectivity index (χ4n) is 3.41. The summed E-state index contributed by atoms with van der Waals surface area (Å²) in [6.07, 6.45) is 1.50. The molecule has 2 aromatic rings. The van der Waals surface area contributed by atoms with Crippen LogP contribution < -0.4 is 15.5 Å². The third-order valence-electron chi connectivity index (χ3n) is 5.01. The molecular formula is C22H27N5O3. The van der Waals surface area contributed by atoms with Crippen LogP contribution in [0.25, 0.3) is 0 Å². The number of carbonyl (C=O) groups is 1. The second kappa shape index (κ2) is 9.25. The normalized spacial score (nSPS) is 21.6. The molecule has 158 valence electrons. The number of nitrogens with one attached hydrogen (secondary N) is 2. The number of morpholine rings is 1.